The maximum Gasteiger partial charge on any atom is 0.244 e. The number of methoxy groups -OCH3 is 1. The number of anilines is 1. The molecular formula is C20H22FN3O2. The molecule has 2 heterocycles. The van der Waals surface area contributed by atoms with Crippen LogP contribution in [0.3, 0.4) is 0 Å². The zero-order valence-corrected chi connectivity index (χ0v) is 14.7. The lowest BCUT2D eigenvalue weighted by atomic mass is 10.2. The molecule has 1 aromatic carbocycles. The first-order valence-corrected chi connectivity index (χ1v) is 8.65. The van der Waals surface area contributed by atoms with Crippen molar-refractivity contribution in [2.24, 2.45) is 0 Å². The van der Waals surface area contributed by atoms with Gasteiger partial charge in [-0.05, 0) is 54.3 Å². The van der Waals surface area contributed by atoms with Gasteiger partial charge in [0.2, 0.25) is 5.91 Å². The van der Waals surface area contributed by atoms with Gasteiger partial charge in [0.15, 0.2) is 11.6 Å². The molecule has 0 spiro atoms. The SMILES string of the molecule is COc1ccc(C=CC(=O)NCc2ccnc(N3CCCC3)c2)cc1F. The minimum Gasteiger partial charge on any atom is -0.494 e. The second-order valence-electron chi connectivity index (χ2n) is 6.16. The maximum absolute atomic E-state index is 13.6. The van der Waals surface area contributed by atoms with Crippen molar-refractivity contribution in [2.45, 2.75) is 19.4 Å². The fourth-order valence-electron chi connectivity index (χ4n) is 2.90. The van der Waals surface area contributed by atoms with Crippen LogP contribution < -0.4 is 15.0 Å². The number of halogens is 1. The van der Waals surface area contributed by atoms with Crippen molar-refractivity contribution < 1.29 is 13.9 Å². The second kappa shape index (κ2) is 8.47. The van der Waals surface area contributed by atoms with E-state index < -0.39 is 5.82 Å². The minimum atomic E-state index is -0.457. The molecule has 1 amide bonds. The second-order valence-corrected chi connectivity index (χ2v) is 6.16. The minimum absolute atomic E-state index is 0.179. The largest absolute Gasteiger partial charge is 0.494 e. The lowest BCUT2D eigenvalue weighted by Gasteiger charge is -2.16. The van der Waals surface area contributed by atoms with E-state index in [-0.39, 0.29) is 11.7 Å². The van der Waals surface area contributed by atoms with E-state index in [1.165, 1.54) is 38.2 Å². The summed E-state index contributed by atoms with van der Waals surface area (Å²) in [6.45, 7) is 2.48. The molecule has 1 saturated heterocycles. The molecule has 1 fully saturated rings. The third kappa shape index (κ3) is 4.59. The van der Waals surface area contributed by atoms with Gasteiger partial charge >= 0.3 is 0 Å². The Morgan fingerprint density at radius 1 is 1.31 bits per heavy atom. The Morgan fingerprint density at radius 3 is 2.85 bits per heavy atom. The van der Waals surface area contributed by atoms with Crippen molar-refractivity contribution in [3.63, 3.8) is 0 Å². The van der Waals surface area contributed by atoms with Crippen molar-refractivity contribution in [1.29, 1.82) is 0 Å². The molecule has 1 aliphatic heterocycles. The number of aromatic nitrogens is 1. The molecule has 0 atom stereocenters. The average Bonchev–Trinajstić information content (AvgIpc) is 3.20. The van der Waals surface area contributed by atoms with Crippen LogP contribution in [0, 0.1) is 5.82 Å². The zero-order chi connectivity index (χ0) is 18.4. The van der Waals surface area contributed by atoms with Crippen LogP contribution >= 0.6 is 0 Å². The number of nitrogens with zero attached hydrogens (tertiary/aromatic N) is 2. The Balaban J connectivity index is 1.55. The topological polar surface area (TPSA) is 54.5 Å². The standard InChI is InChI=1S/C20H22FN3O2/c1-26-18-6-4-15(12-17(18)21)5-7-20(25)23-14-16-8-9-22-19(13-16)24-10-2-3-11-24/h4-9,12-13H,2-3,10-11,14H2,1H3,(H,23,25). The highest BCUT2D eigenvalue weighted by Crippen LogP contribution is 2.19. The fourth-order valence-corrected chi connectivity index (χ4v) is 2.90. The maximum atomic E-state index is 13.6. The number of ether oxygens (including phenoxy) is 1. The highest BCUT2D eigenvalue weighted by atomic mass is 19.1. The van der Waals surface area contributed by atoms with E-state index in [2.05, 4.69) is 15.2 Å². The predicted molar refractivity (Wildman–Crippen MR) is 99.5 cm³/mol. The molecule has 0 aliphatic carbocycles. The van der Waals surface area contributed by atoms with Crippen LogP contribution in [0.4, 0.5) is 10.2 Å². The highest BCUT2D eigenvalue weighted by molar-refractivity contribution is 5.91. The van der Waals surface area contributed by atoms with E-state index in [9.17, 15) is 9.18 Å². The molecule has 136 valence electrons. The number of nitrogens with one attached hydrogen (secondary N) is 1. The van der Waals surface area contributed by atoms with Crippen molar-refractivity contribution >= 4 is 17.8 Å². The predicted octanol–water partition coefficient (Wildman–Crippen LogP) is 3.16. The van der Waals surface area contributed by atoms with E-state index in [4.69, 9.17) is 4.74 Å². The number of carbonyl (C=O) groups excluding carboxylic acids is 1. The van der Waals surface area contributed by atoms with Crippen molar-refractivity contribution in [3.8, 4) is 5.75 Å². The molecule has 0 bridgehead atoms. The summed E-state index contributed by atoms with van der Waals surface area (Å²) in [5.41, 5.74) is 1.60. The quantitative estimate of drug-likeness (QED) is 0.809. The third-order valence-corrected chi connectivity index (χ3v) is 4.31. The van der Waals surface area contributed by atoms with Crippen molar-refractivity contribution in [1.82, 2.24) is 10.3 Å². The number of hydrogen-bond acceptors (Lipinski definition) is 4. The van der Waals surface area contributed by atoms with Crippen molar-refractivity contribution in [3.05, 3.63) is 59.5 Å². The van der Waals surface area contributed by atoms with E-state index >= 15 is 0 Å². The van der Waals surface area contributed by atoms with Crippen molar-refractivity contribution in [2.75, 3.05) is 25.1 Å². The van der Waals surface area contributed by atoms with Crippen LogP contribution in [0.15, 0.2) is 42.6 Å². The smallest absolute Gasteiger partial charge is 0.244 e. The van der Waals surface area contributed by atoms with Crippen LogP contribution in [0.2, 0.25) is 0 Å². The summed E-state index contributed by atoms with van der Waals surface area (Å²) in [6, 6.07) is 8.45. The first kappa shape index (κ1) is 17.9. The van der Waals surface area contributed by atoms with E-state index in [0.29, 0.717) is 12.1 Å². The van der Waals surface area contributed by atoms with Gasteiger partial charge in [-0.3, -0.25) is 4.79 Å². The Bertz CT molecular complexity index is 801. The van der Waals surface area contributed by atoms with Gasteiger partial charge in [-0.25, -0.2) is 9.37 Å². The molecule has 0 unspecified atom stereocenters. The Kier molecular flexibility index (Phi) is 5.84. The van der Waals surface area contributed by atoms with E-state index in [0.717, 1.165) is 24.5 Å². The van der Waals surface area contributed by atoms with Gasteiger partial charge < -0.3 is 15.0 Å². The molecule has 1 aliphatic rings. The average molecular weight is 355 g/mol. The van der Waals surface area contributed by atoms with Gasteiger partial charge in [0.1, 0.15) is 5.82 Å². The first-order valence-electron chi connectivity index (χ1n) is 8.65. The van der Waals surface area contributed by atoms with Gasteiger partial charge in [0.25, 0.3) is 0 Å². The zero-order valence-electron chi connectivity index (χ0n) is 14.7. The fraction of sp³-hybridized carbons (Fsp3) is 0.300. The highest BCUT2D eigenvalue weighted by Gasteiger charge is 2.13. The number of hydrogen-bond donors (Lipinski definition) is 1. The summed E-state index contributed by atoms with van der Waals surface area (Å²) in [5.74, 6) is 0.443. The van der Waals surface area contributed by atoms with Crippen LogP contribution in [-0.4, -0.2) is 31.1 Å². The van der Waals surface area contributed by atoms with Gasteiger partial charge in [-0.15, -0.1) is 0 Å². The number of amides is 1. The molecule has 2 aromatic rings. The van der Waals surface area contributed by atoms with Gasteiger partial charge in [-0.1, -0.05) is 6.07 Å². The monoisotopic (exact) mass is 355 g/mol. The normalized spacial score (nSPS) is 14.0. The number of carbonyl (C=O) groups is 1. The Hall–Kier alpha value is -2.89. The van der Waals surface area contributed by atoms with Gasteiger partial charge in [0.05, 0.1) is 7.11 Å². The first-order chi connectivity index (χ1) is 12.7. The lowest BCUT2D eigenvalue weighted by Crippen LogP contribution is -2.22. The molecule has 0 saturated carbocycles. The number of rotatable bonds is 6. The summed E-state index contributed by atoms with van der Waals surface area (Å²) in [6.07, 6.45) is 7.12. The van der Waals surface area contributed by atoms with Gasteiger partial charge in [-0.2, -0.15) is 0 Å². The Labute approximate surface area is 152 Å². The molecule has 5 nitrogen and oxygen atoms in total. The summed E-state index contributed by atoms with van der Waals surface area (Å²) >= 11 is 0. The number of pyridine rings is 1. The van der Waals surface area contributed by atoms with Crippen LogP contribution in [0.1, 0.15) is 24.0 Å². The molecule has 1 N–H and O–H groups in total. The van der Waals surface area contributed by atoms with E-state index in [1.807, 2.05) is 12.1 Å². The third-order valence-electron chi connectivity index (χ3n) is 4.31. The van der Waals surface area contributed by atoms with Gasteiger partial charge in [0, 0.05) is 31.9 Å². The summed E-state index contributed by atoms with van der Waals surface area (Å²) < 4.78 is 18.5. The number of benzene rings is 1. The molecule has 3 rings (SSSR count). The van der Waals surface area contributed by atoms with Crippen LogP contribution in [0.25, 0.3) is 6.08 Å². The summed E-state index contributed by atoms with van der Waals surface area (Å²) in [4.78, 5) is 18.7. The molecular weight excluding hydrogens is 333 g/mol. The molecule has 1 aromatic heterocycles. The molecule has 0 radical (unpaired) electrons. The lowest BCUT2D eigenvalue weighted by molar-refractivity contribution is -0.116. The van der Waals surface area contributed by atoms with Crippen LogP contribution in [-0.2, 0) is 11.3 Å². The molecule has 26 heavy (non-hydrogen) atoms. The molecule has 6 heteroatoms. The van der Waals surface area contributed by atoms with E-state index in [1.54, 1.807) is 18.3 Å². The Morgan fingerprint density at radius 2 is 2.12 bits per heavy atom. The summed E-state index contributed by atoms with van der Waals surface area (Å²) in [7, 11) is 1.41. The van der Waals surface area contributed by atoms with Crippen LogP contribution in [0.5, 0.6) is 5.75 Å². The summed E-state index contributed by atoms with van der Waals surface area (Å²) in [5, 5.41) is 2.83.